The molecule has 0 spiro atoms. The van der Waals surface area contributed by atoms with Crippen molar-refractivity contribution in [2.45, 2.75) is 13.0 Å². The van der Waals surface area contributed by atoms with E-state index >= 15 is 0 Å². The lowest BCUT2D eigenvalue weighted by Gasteiger charge is -2.22. The van der Waals surface area contributed by atoms with Gasteiger partial charge in [-0.2, -0.15) is 0 Å². The van der Waals surface area contributed by atoms with E-state index in [2.05, 4.69) is 31.5 Å². The SMILES string of the molecule is C[C@H](NC(=O)Nc1cccc2cccnc12)c1cc2c(cc1Br)OCCO2. The molecule has 2 aromatic carbocycles. The molecule has 138 valence electrons. The van der Waals surface area contributed by atoms with Gasteiger partial charge >= 0.3 is 6.03 Å². The summed E-state index contributed by atoms with van der Waals surface area (Å²) in [6, 6.07) is 12.7. The van der Waals surface area contributed by atoms with Gasteiger partial charge in [0.2, 0.25) is 0 Å². The van der Waals surface area contributed by atoms with Gasteiger partial charge in [-0.25, -0.2) is 4.79 Å². The van der Waals surface area contributed by atoms with Gasteiger partial charge < -0.3 is 20.1 Å². The van der Waals surface area contributed by atoms with Crippen LogP contribution in [0.5, 0.6) is 11.5 Å². The summed E-state index contributed by atoms with van der Waals surface area (Å²) < 4.78 is 12.1. The molecule has 0 saturated carbocycles. The predicted molar refractivity (Wildman–Crippen MR) is 107 cm³/mol. The van der Waals surface area contributed by atoms with Crippen LogP contribution in [0.3, 0.4) is 0 Å². The van der Waals surface area contributed by atoms with E-state index in [-0.39, 0.29) is 12.1 Å². The Labute approximate surface area is 165 Å². The number of amides is 2. The van der Waals surface area contributed by atoms with Crippen LogP contribution in [0.4, 0.5) is 10.5 Å². The number of hydrogen-bond acceptors (Lipinski definition) is 4. The number of benzene rings is 2. The first-order chi connectivity index (χ1) is 13.1. The minimum atomic E-state index is -0.303. The number of carbonyl (C=O) groups is 1. The summed E-state index contributed by atoms with van der Waals surface area (Å²) in [5.41, 5.74) is 2.33. The second-order valence-electron chi connectivity index (χ2n) is 6.22. The molecule has 2 heterocycles. The highest BCUT2D eigenvalue weighted by Crippen LogP contribution is 2.37. The minimum Gasteiger partial charge on any atom is -0.486 e. The molecule has 6 nitrogen and oxygen atoms in total. The van der Waals surface area contributed by atoms with Gasteiger partial charge in [0.1, 0.15) is 13.2 Å². The molecule has 0 bridgehead atoms. The van der Waals surface area contributed by atoms with Gasteiger partial charge in [0.15, 0.2) is 11.5 Å². The number of urea groups is 1. The second kappa shape index (κ2) is 7.44. The zero-order valence-corrected chi connectivity index (χ0v) is 16.2. The van der Waals surface area contributed by atoms with E-state index in [4.69, 9.17) is 9.47 Å². The lowest BCUT2D eigenvalue weighted by molar-refractivity contribution is 0.171. The van der Waals surface area contributed by atoms with Crippen LogP contribution in [0.15, 0.2) is 53.1 Å². The maximum atomic E-state index is 12.5. The van der Waals surface area contributed by atoms with Gasteiger partial charge in [-0.3, -0.25) is 4.98 Å². The summed E-state index contributed by atoms with van der Waals surface area (Å²) in [5, 5.41) is 6.81. The standard InChI is InChI=1S/C20H18BrN3O3/c1-12(14-10-17-18(11-15(14)21)27-9-8-26-17)23-20(25)24-16-6-2-4-13-5-3-7-22-19(13)16/h2-7,10-12H,8-9H2,1H3,(H2,23,24,25)/t12-/m0/s1. The van der Waals surface area contributed by atoms with E-state index in [0.29, 0.717) is 30.4 Å². The predicted octanol–water partition coefficient (Wildman–Crippen LogP) is 4.65. The Morgan fingerprint density at radius 3 is 2.70 bits per heavy atom. The number of rotatable bonds is 3. The molecule has 0 radical (unpaired) electrons. The Morgan fingerprint density at radius 2 is 1.89 bits per heavy atom. The summed E-state index contributed by atoms with van der Waals surface area (Å²) in [6.07, 6.45) is 1.71. The summed E-state index contributed by atoms with van der Waals surface area (Å²) in [7, 11) is 0. The summed E-state index contributed by atoms with van der Waals surface area (Å²) >= 11 is 3.55. The molecule has 2 N–H and O–H groups in total. The zero-order valence-electron chi connectivity index (χ0n) is 14.7. The Balaban J connectivity index is 1.51. The first-order valence-corrected chi connectivity index (χ1v) is 9.41. The second-order valence-corrected chi connectivity index (χ2v) is 7.07. The maximum absolute atomic E-state index is 12.5. The van der Waals surface area contributed by atoms with E-state index in [1.165, 1.54) is 0 Å². The molecule has 2 amide bonds. The molecule has 0 aliphatic carbocycles. The van der Waals surface area contributed by atoms with Gasteiger partial charge in [0.05, 0.1) is 17.2 Å². The highest BCUT2D eigenvalue weighted by atomic mass is 79.9. The van der Waals surface area contributed by atoms with E-state index in [1.807, 2.05) is 49.4 Å². The van der Waals surface area contributed by atoms with E-state index in [0.717, 1.165) is 20.9 Å². The molecule has 3 aromatic rings. The lowest BCUT2D eigenvalue weighted by atomic mass is 10.1. The van der Waals surface area contributed by atoms with E-state index in [1.54, 1.807) is 6.20 Å². The number of hydrogen-bond donors (Lipinski definition) is 2. The first-order valence-electron chi connectivity index (χ1n) is 8.62. The van der Waals surface area contributed by atoms with Crippen molar-refractivity contribution in [2.24, 2.45) is 0 Å². The topological polar surface area (TPSA) is 72.5 Å². The molecule has 27 heavy (non-hydrogen) atoms. The van der Waals surface area contributed by atoms with Crippen LogP contribution in [0.1, 0.15) is 18.5 Å². The van der Waals surface area contributed by atoms with Crippen LogP contribution in [-0.2, 0) is 0 Å². The third kappa shape index (κ3) is 3.68. The normalized spacial score (nSPS) is 13.9. The summed E-state index contributed by atoms with van der Waals surface area (Å²) in [5.74, 6) is 1.39. The van der Waals surface area contributed by atoms with Crippen molar-refractivity contribution in [1.29, 1.82) is 0 Å². The average molecular weight is 428 g/mol. The molecule has 0 unspecified atom stereocenters. The fourth-order valence-corrected chi connectivity index (χ4v) is 3.72. The number of ether oxygens (including phenoxy) is 2. The summed E-state index contributed by atoms with van der Waals surface area (Å²) in [6.45, 7) is 2.97. The van der Waals surface area contributed by atoms with Gasteiger partial charge in [-0.1, -0.05) is 34.1 Å². The average Bonchev–Trinajstić information content (AvgIpc) is 2.67. The minimum absolute atomic E-state index is 0.238. The number of pyridine rings is 1. The fraction of sp³-hybridized carbons (Fsp3) is 0.200. The molecular weight excluding hydrogens is 410 g/mol. The van der Waals surface area contributed by atoms with Crippen LogP contribution in [-0.4, -0.2) is 24.2 Å². The number of anilines is 1. The molecule has 4 rings (SSSR count). The van der Waals surface area contributed by atoms with Crippen molar-refractivity contribution in [2.75, 3.05) is 18.5 Å². The van der Waals surface area contributed by atoms with Crippen molar-refractivity contribution in [3.8, 4) is 11.5 Å². The Kier molecular flexibility index (Phi) is 4.85. The number of halogens is 1. The maximum Gasteiger partial charge on any atom is 0.319 e. The molecule has 1 atom stereocenters. The zero-order chi connectivity index (χ0) is 18.8. The largest absolute Gasteiger partial charge is 0.486 e. The van der Waals surface area contributed by atoms with E-state index < -0.39 is 0 Å². The Bertz CT molecular complexity index is 1000. The van der Waals surface area contributed by atoms with E-state index in [9.17, 15) is 4.79 Å². The van der Waals surface area contributed by atoms with Crippen molar-refractivity contribution in [1.82, 2.24) is 10.3 Å². The third-order valence-corrected chi connectivity index (χ3v) is 5.04. The molecule has 1 aliphatic heterocycles. The molecular formula is C20H18BrN3O3. The summed E-state index contributed by atoms with van der Waals surface area (Å²) in [4.78, 5) is 16.9. The highest BCUT2D eigenvalue weighted by molar-refractivity contribution is 9.10. The van der Waals surface area contributed by atoms with Crippen LogP contribution >= 0.6 is 15.9 Å². The van der Waals surface area contributed by atoms with Crippen LogP contribution in [0.25, 0.3) is 10.9 Å². The van der Waals surface area contributed by atoms with Gasteiger partial charge in [0, 0.05) is 16.1 Å². The number of nitrogens with one attached hydrogen (secondary N) is 2. The van der Waals surface area contributed by atoms with Crippen LogP contribution < -0.4 is 20.1 Å². The lowest BCUT2D eigenvalue weighted by Crippen LogP contribution is -2.31. The molecule has 0 fully saturated rings. The quantitative estimate of drug-likeness (QED) is 0.637. The first kappa shape index (κ1) is 17.6. The van der Waals surface area contributed by atoms with Crippen molar-refractivity contribution in [3.63, 3.8) is 0 Å². The van der Waals surface area contributed by atoms with Crippen LogP contribution in [0, 0.1) is 0 Å². The van der Waals surface area contributed by atoms with Gasteiger partial charge in [-0.15, -0.1) is 0 Å². The van der Waals surface area contributed by atoms with Crippen molar-refractivity contribution < 1.29 is 14.3 Å². The number of para-hydroxylation sites is 1. The van der Waals surface area contributed by atoms with Gasteiger partial charge in [-0.05, 0) is 36.8 Å². The van der Waals surface area contributed by atoms with Crippen molar-refractivity contribution >= 4 is 38.6 Å². The number of carbonyl (C=O) groups excluding carboxylic acids is 1. The number of aromatic nitrogens is 1. The molecule has 1 aliphatic rings. The Morgan fingerprint density at radius 1 is 1.15 bits per heavy atom. The molecule has 0 saturated heterocycles. The van der Waals surface area contributed by atoms with Crippen molar-refractivity contribution in [3.05, 3.63) is 58.7 Å². The molecule has 1 aromatic heterocycles. The fourth-order valence-electron chi connectivity index (χ4n) is 3.05. The third-order valence-electron chi connectivity index (χ3n) is 4.36. The Hall–Kier alpha value is -2.80. The molecule has 7 heteroatoms. The number of nitrogens with zero attached hydrogens (tertiary/aromatic N) is 1. The highest BCUT2D eigenvalue weighted by Gasteiger charge is 2.19. The van der Waals surface area contributed by atoms with Crippen LogP contribution in [0.2, 0.25) is 0 Å². The smallest absolute Gasteiger partial charge is 0.319 e. The van der Waals surface area contributed by atoms with Gasteiger partial charge in [0.25, 0.3) is 0 Å². The monoisotopic (exact) mass is 427 g/mol. The number of fused-ring (bicyclic) bond motifs is 2.